The summed E-state index contributed by atoms with van der Waals surface area (Å²) in [7, 11) is 1.51. The Balaban J connectivity index is 2.21. The lowest BCUT2D eigenvalue weighted by molar-refractivity contribution is 0.0304. The van der Waals surface area contributed by atoms with Gasteiger partial charge < -0.3 is 19.7 Å². The largest absolute Gasteiger partial charge is 0.493 e. The molecular formula is C15H20O5. The van der Waals surface area contributed by atoms with Gasteiger partial charge in [-0.1, -0.05) is 12.8 Å². The summed E-state index contributed by atoms with van der Waals surface area (Å²) in [6, 6.07) is 4.48. The van der Waals surface area contributed by atoms with Crippen LogP contribution >= 0.6 is 0 Å². The van der Waals surface area contributed by atoms with E-state index < -0.39 is 12.1 Å². The summed E-state index contributed by atoms with van der Waals surface area (Å²) in [6.07, 6.45) is 3.73. The minimum atomic E-state index is -1.01. The second-order valence-corrected chi connectivity index (χ2v) is 5.03. The molecule has 1 aromatic rings. The number of hydrogen-bond acceptors (Lipinski definition) is 4. The molecule has 0 amide bonds. The Labute approximate surface area is 118 Å². The van der Waals surface area contributed by atoms with Crippen molar-refractivity contribution in [1.29, 1.82) is 0 Å². The summed E-state index contributed by atoms with van der Waals surface area (Å²) in [6.45, 7) is 0. The zero-order valence-electron chi connectivity index (χ0n) is 11.5. The highest BCUT2D eigenvalue weighted by atomic mass is 16.5. The number of carbonyl (C=O) groups is 1. The monoisotopic (exact) mass is 280 g/mol. The third-order valence-electron chi connectivity index (χ3n) is 3.61. The van der Waals surface area contributed by atoms with E-state index in [2.05, 4.69) is 0 Å². The van der Waals surface area contributed by atoms with E-state index >= 15 is 0 Å². The van der Waals surface area contributed by atoms with Crippen LogP contribution in [0.5, 0.6) is 11.5 Å². The molecule has 1 aliphatic rings. The number of aliphatic hydroxyl groups is 1. The standard InChI is InChI=1S/C15H20O5/c1-19-13-8-7-10(15(17)18)9-14(13)20-12-6-4-2-3-5-11(12)16/h7-9,11-12,16H,2-6H2,1H3,(H,17,18). The lowest BCUT2D eigenvalue weighted by Crippen LogP contribution is -2.30. The fourth-order valence-electron chi connectivity index (χ4n) is 2.46. The molecule has 0 heterocycles. The van der Waals surface area contributed by atoms with E-state index in [0.29, 0.717) is 17.9 Å². The van der Waals surface area contributed by atoms with E-state index in [-0.39, 0.29) is 11.7 Å². The van der Waals surface area contributed by atoms with Crippen LogP contribution in [0.4, 0.5) is 0 Å². The van der Waals surface area contributed by atoms with Crippen LogP contribution in [0.1, 0.15) is 42.5 Å². The molecule has 0 aliphatic heterocycles. The number of methoxy groups -OCH3 is 1. The summed E-state index contributed by atoms with van der Waals surface area (Å²) in [5, 5.41) is 19.1. The molecule has 110 valence electrons. The predicted octanol–water partition coefficient (Wildman–Crippen LogP) is 2.47. The third-order valence-corrected chi connectivity index (χ3v) is 3.61. The number of carboxylic acids is 1. The fraction of sp³-hybridized carbons (Fsp3) is 0.533. The van der Waals surface area contributed by atoms with Gasteiger partial charge in [-0.25, -0.2) is 4.79 Å². The third kappa shape index (κ3) is 3.42. The second kappa shape index (κ2) is 6.61. The van der Waals surface area contributed by atoms with E-state index in [1.807, 2.05) is 0 Å². The van der Waals surface area contributed by atoms with Gasteiger partial charge in [0.1, 0.15) is 6.10 Å². The average molecular weight is 280 g/mol. The van der Waals surface area contributed by atoms with E-state index in [1.165, 1.54) is 19.2 Å². The molecule has 2 N–H and O–H groups in total. The molecule has 1 aliphatic carbocycles. The molecule has 2 atom stereocenters. The maximum atomic E-state index is 11.0. The van der Waals surface area contributed by atoms with Crippen molar-refractivity contribution in [2.45, 2.75) is 44.3 Å². The van der Waals surface area contributed by atoms with Gasteiger partial charge >= 0.3 is 5.97 Å². The minimum Gasteiger partial charge on any atom is -0.493 e. The maximum Gasteiger partial charge on any atom is 0.335 e. The van der Waals surface area contributed by atoms with Crippen LogP contribution in [-0.4, -0.2) is 35.5 Å². The summed E-state index contributed by atoms with van der Waals surface area (Å²) in [5.74, 6) is -0.163. The van der Waals surface area contributed by atoms with Crippen LogP contribution in [0.25, 0.3) is 0 Å². The lowest BCUT2D eigenvalue weighted by Gasteiger charge is -2.23. The van der Waals surface area contributed by atoms with E-state index in [0.717, 1.165) is 25.7 Å². The average Bonchev–Trinajstić information content (AvgIpc) is 2.64. The first-order valence-corrected chi connectivity index (χ1v) is 6.88. The Morgan fingerprint density at radius 1 is 1.20 bits per heavy atom. The molecule has 0 bridgehead atoms. The van der Waals surface area contributed by atoms with Crippen molar-refractivity contribution < 1.29 is 24.5 Å². The van der Waals surface area contributed by atoms with Crippen LogP contribution in [0, 0.1) is 0 Å². The molecule has 5 nitrogen and oxygen atoms in total. The Morgan fingerprint density at radius 3 is 2.65 bits per heavy atom. The number of hydrogen-bond donors (Lipinski definition) is 2. The first-order chi connectivity index (χ1) is 9.61. The number of carboxylic acid groups (broad SMARTS) is 1. The SMILES string of the molecule is COc1ccc(C(=O)O)cc1OC1CCCCCC1O. The van der Waals surface area contributed by atoms with E-state index in [4.69, 9.17) is 14.6 Å². The van der Waals surface area contributed by atoms with Crippen LogP contribution in [0.15, 0.2) is 18.2 Å². The minimum absolute atomic E-state index is 0.143. The summed E-state index contributed by atoms with van der Waals surface area (Å²) < 4.78 is 11.0. The Kier molecular flexibility index (Phi) is 4.84. The quantitative estimate of drug-likeness (QED) is 0.829. The van der Waals surface area contributed by atoms with Crippen LogP contribution in [-0.2, 0) is 0 Å². The van der Waals surface area contributed by atoms with Crippen LogP contribution in [0.3, 0.4) is 0 Å². The summed E-state index contributed by atoms with van der Waals surface area (Å²) in [5.41, 5.74) is 0.143. The summed E-state index contributed by atoms with van der Waals surface area (Å²) in [4.78, 5) is 11.0. The highest BCUT2D eigenvalue weighted by Crippen LogP contribution is 2.31. The Hall–Kier alpha value is -1.75. The molecule has 0 aromatic heterocycles. The van der Waals surface area contributed by atoms with Gasteiger partial charge in [-0.3, -0.25) is 0 Å². The second-order valence-electron chi connectivity index (χ2n) is 5.03. The Morgan fingerprint density at radius 2 is 1.95 bits per heavy atom. The normalized spacial score (nSPS) is 22.9. The highest BCUT2D eigenvalue weighted by molar-refractivity contribution is 5.88. The molecular weight excluding hydrogens is 260 g/mol. The molecule has 0 spiro atoms. The van der Waals surface area contributed by atoms with Crippen molar-refractivity contribution in [3.63, 3.8) is 0 Å². The zero-order chi connectivity index (χ0) is 14.5. The molecule has 1 aromatic carbocycles. The van der Waals surface area contributed by atoms with Gasteiger partial charge in [0.15, 0.2) is 11.5 Å². The maximum absolute atomic E-state index is 11.0. The van der Waals surface area contributed by atoms with E-state index in [9.17, 15) is 9.90 Å². The number of ether oxygens (including phenoxy) is 2. The topological polar surface area (TPSA) is 76.0 Å². The molecule has 20 heavy (non-hydrogen) atoms. The van der Waals surface area contributed by atoms with Crippen molar-refractivity contribution in [1.82, 2.24) is 0 Å². The smallest absolute Gasteiger partial charge is 0.335 e. The first kappa shape index (κ1) is 14.7. The van der Waals surface area contributed by atoms with Crippen molar-refractivity contribution in [3.05, 3.63) is 23.8 Å². The number of aromatic carboxylic acids is 1. The number of rotatable bonds is 4. The molecule has 1 saturated carbocycles. The molecule has 2 unspecified atom stereocenters. The lowest BCUT2D eigenvalue weighted by atomic mass is 10.1. The molecule has 2 rings (SSSR count). The highest BCUT2D eigenvalue weighted by Gasteiger charge is 2.24. The fourth-order valence-corrected chi connectivity index (χ4v) is 2.46. The predicted molar refractivity (Wildman–Crippen MR) is 73.5 cm³/mol. The van der Waals surface area contributed by atoms with Gasteiger partial charge in [-0.15, -0.1) is 0 Å². The van der Waals surface area contributed by atoms with Crippen LogP contribution in [0.2, 0.25) is 0 Å². The van der Waals surface area contributed by atoms with E-state index in [1.54, 1.807) is 6.07 Å². The van der Waals surface area contributed by atoms with Crippen molar-refractivity contribution in [2.24, 2.45) is 0 Å². The van der Waals surface area contributed by atoms with Crippen molar-refractivity contribution >= 4 is 5.97 Å². The van der Waals surface area contributed by atoms with Gasteiger partial charge in [-0.2, -0.15) is 0 Å². The van der Waals surface area contributed by atoms with Gasteiger partial charge in [0, 0.05) is 0 Å². The van der Waals surface area contributed by atoms with Crippen molar-refractivity contribution in [2.75, 3.05) is 7.11 Å². The molecule has 0 saturated heterocycles. The zero-order valence-corrected chi connectivity index (χ0v) is 11.5. The van der Waals surface area contributed by atoms with Gasteiger partial charge in [0.25, 0.3) is 0 Å². The van der Waals surface area contributed by atoms with Crippen LogP contribution < -0.4 is 9.47 Å². The number of benzene rings is 1. The molecule has 1 fully saturated rings. The van der Waals surface area contributed by atoms with Gasteiger partial charge in [-0.05, 0) is 37.5 Å². The molecule has 0 radical (unpaired) electrons. The van der Waals surface area contributed by atoms with Gasteiger partial charge in [0.2, 0.25) is 0 Å². The molecule has 5 heteroatoms. The Bertz CT molecular complexity index is 471. The number of aliphatic hydroxyl groups excluding tert-OH is 1. The summed E-state index contributed by atoms with van der Waals surface area (Å²) >= 11 is 0. The van der Waals surface area contributed by atoms with Gasteiger partial charge in [0.05, 0.1) is 18.8 Å². The first-order valence-electron chi connectivity index (χ1n) is 6.88. The van der Waals surface area contributed by atoms with Crippen molar-refractivity contribution in [3.8, 4) is 11.5 Å².